The summed E-state index contributed by atoms with van der Waals surface area (Å²) < 4.78 is 7.51. The fourth-order valence-corrected chi connectivity index (χ4v) is 5.57. The topological polar surface area (TPSA) is 115 Å². The Balaban J connectivity index is 1.33. The summed E-state index contributed by atoms with van der Waals surface area (Å²) in [4.78, 5) is 34.1. The average molecular weight is 544 g/mol. The number of hydrogen-bond acceptors (Lipinski definition) is 7. The van der Waals surface area contributed by atoms with Gasteiger partial charge in [-0.1, -0.05) is 41.9 Å². The summed E-state index contributed by atoms with van der Waals surface area (Å²) in [5, 5.41) is 17.0. The highest BCUT2D eigenvalue weighted by Gasteiger charge is 2.47. The van der Waals surface area contributed by atoms with E-state index in [-0.39, 0.29) is 18.2 Å². The van der Waals surface area contributed by atoms with Crippen molar-refractivity contribution >= 4 is 45.4 Å². The normalized spacial score (nSPS) is 18.7. The van der Waals surface area contributed by atoms with Gasteiger partial charge in [0.05, 0.1) is 23.9 Å². The van der Waals surface area contributed by atoms with Crippen LogP contribution < -0.4 is 10.1 Å². The van der Waals surface area contributed by atoms with E-state index in [4.69, 9.17) is 16.3 Å². The van der Waals surface area contributed by atoms with Crippen molar-refractivity contribution in [3.63, 3.8) is 0 Å². The zero-order chi connectivity index (χ0) is 27.0. The number of ether oxygens (including phenoxy) is 1. The molecule has 39 heavy (non-hydrogen) atoms. The summed E-state index contributed by atoms with van der Waals surface area (Å²) in [6, 6.07) is 12.9. The monoisotopic (exact) mass is 543 g/mol. The summed E-state index contributed by atoms with van der Waals surface area (Å²) in [7, 11) is 1.79. The van der Waals surface area contributed by atoms with Crippen molar-refractivity contribution in [1.29, 1.82) is 0 Å². The highest BCUT2D eigenvalue weighted by atomic mass is 35.5. The number of fused-ring (bicyclic) bond motifs is 2. The van der Waals surface area contributed by atoms with Crippen LogP contribution in [0.15, 0.2) is 60.9 Å². The second-order valence-corrected chi connectivity index (χ2v) is 10.2. The van der Waals surface area contributed by atoms with Crippen LogP contribution in [0.5, 0.6) is 5.75 Å². The van der Waals surface area contributed by atoms with Crippen molar-refractivity contribution < 1.29 is 14.3 Å². The summed E-state index contributed by atoms with van der Waals surface area (Å²) in [5.74, 6) is 0.828. The summed E-state index contributed by atoms with van der Waals surface area (Å²) in [6.07, 6.45) is 6.27. The van der Waals surface area contributed by atoms with Gasteiger partial charge in [-0.05, 0) is 40.6 Å². The molecule has 6 rings (SSSR count). The number of aromatic nitrogens is 5. The number of tetrazole rings is 1. The number of anilines is 1. The summed E-state index contributed by atoms with van der Waals surface area (Å²) in [6.45, 7) is 1.21. The predicted molar refractivity (Wildman–Crippen MR) is 146 cm³/mol. The number of carbonyl (C=O) groups is 2. The maximum atomic E-state index is 14.2. The van der Waals surface area contributed by atoms with Gasteiger partial charge in [0, 0.05) is 60.5 Å². The minimum atomic E-state index is -1.18. The van der Waals surface area contributed by atoms with Crippen LogP contribution in [0.3, 0.4) is 0 Å². The van der Waals surface area contributed by atoms with E-state index in [0.717, 1.165) is 16.3 Å². The smallest absolute Gasteiger partial charge is 0.235 e. The zero-order valence-electron chi connectivity index (χ0n) is 21.3. The van der Waals surface area contributed by atoms with Gasteiger partial charge in [0.2, 0.25) is 11.8 Å². The lowest BCUT2D eigenvalue weighted by Gasteiger charge is -2.39. The van der Waals surface area contributed by atoms with Crippen molar-refractivity contribution in [1.82, 2.24) is 30.1 Å². The van der Waals surface area contributed by atoms with E-state index in [2.05, 4.69) is 25.8 Å². The average Bonchev–Trinajstić information content (AvgIpc) is 3.39. The largest absolute Gasteiger partial charge is 0.493 e. The van der Waals surface area contributed by atoms with Crippen LogP contribution in [-0.4, -0.2) is 61.6 Å². The maximum Gasteiger partial charge on any atom is 0.235 e. The molecule has 4 aromatic rings. The first kappa shape index (κ1) is 25.0. The number of pyridine rings is 1. The maximum absolute atomic E-state index is 14.2. The third-order valence-electron chi connectivity index (χ3n) is 7.52. The number of halogens is 1. The second-order valence-electron chi connectivity index (χ2n) is 9.81. The number of rotatable bonds is 5. The van der Waals surface area contributed by atoms with Crippen LogP contribution in [0.4, 0.5) is 5.69 Å². The molecule has 2 aliphatic heterocycles. The second kappa shape index (κ2) is 10.1. The molecule has 1 atom stereocenters. The number of nitrogens with zero attached hydrogens (tertiary/aromatic N) is 6. The Kier molecular flexibility index (Phi) is 6.48. The Hall–Kier alpha value is -4.31. The molecule has 11 heteroatoms. The molecule has 2 amide bonds. The Morgan fingerprint density at radius 3 is 2.85 bits per heavy atom. The first-order chi connectivity index (χ1) is 18.9. The third-order valence-corrected chi connectivity index (χ3v) is 7.75. The lowest BCUT2D eigenvalue weighted by atomic mass is 9.72. The molecule has 4 heterocycles. The Morgan fingerprint density at radius 2 is 2.05 bits per heavy atom. The minimum Gasteiger partial charge on any atom is -0.493 e. The SMILES string of the molecule is Cn1nnnc1C1=CCN(C(=O)CC2(C(=O)Nc3cncc4ccccc34)CCOc3ccc(Cl)cc32)CC1. The van der Waals surface area contributed by atoms with Gasteiger partial charge >= 0.3 is 0 Å². The van der Waals surface area contributed by atoms with E-state index in [1.54, 1.807) is 47.2 Å². The molecule has 10 nitrogen and oxygen atoms in total. The van der Waals surface area contributed by atoms with Crippen LogP contribution in [0.25, 0.3) is 16.3 Å². The number of amides is 2. The highest BCUT2D eigenvalue weighted by molar-refractivity contribution is 6.30. The zero-order valence-corrected chi connectivity index (χ0v) is 22.1. The van der Waals surface area contributed by atoms with Gasteiger partial charge in [-0.25, -0.2) is 4.68 Å². The van der Waals surface area contributed by atoms with Crippen LogP contribution in [0.1, 0.15) is 30.7 Å². The molecule has 0 bridgehead atoms. The van der Waals surface area contributed by atoms with Gasteiger partial charge in [-0.3, -0.25) is 14.6 Å². The number of carbonyl (C=O) groups excluding carboxylic acids is 2. The van der Waals surface area contributed by atoms with E-state index < -0.39 is 5.41 Å². The Bertz CT molecular complexity index is 1610. The molecule has 0 saturated heterocycles. The molecule has 2 aliphatic rings. The van der Waals surface area contributed by atoms with Gasteiger partial charge in [-0.2, -0.15) is 0 Å². The van der Waals surface area contributed by atoms with Gasteiger partial charge < -0.3 is 15.0 Å². The van der Waals surface area contributed by atoms with Crippen molar-refractivity contribution in [2.75, 3.05) is 25.0 Å². The molecule has 1 N–H and O–H groups in total. The molecule has 0 aliphatic carbocycles. The first-order valence-corrected chi connectivity index (χ1v) is 13.1. The van der Waals surface area contributed by atoms with E-state index in [0.29, 0.717) is 60.4 Å². The molecule has 2 aromatic carbocycles. The molecule has 1 unspecified atom stereocenters. The molecule has 0 fully saturated rings. The van der Waals surface area contributed by atoms with Crippen LogP contribution in [0.2, 0.25) is 5.02 Å². The van der Waals surface area contributed by atoms with Gasteiger partial charge in [0.1, 0.15) is 5.75 Å². The minimum absolute atomic E-state index is 0.0254. The van der Waals surface area contributed by atoms with Crippen molar-refractivity contribution in [2.45, 2.75) is 24.7 Å². The van der Waals surface area contributed by atoms with Crippen LogP contribution >= 0.6 is 11.6 Å². The molecule has 0 spiro atoms. The lowest BCUT2D eigenvalue weighted by molar-refractivity contribution is -0.136. The fourth-order valence-electron chi connectivity index (χ4n) is 5.40. The molecule has 2 aromatic heterocycles. The van der Waals surface area contributed by atoms with Gasteiger partial charge in [0.25, 0.3) is 0 Å². The van der Waals surface area contributed by atoms with E-state index >= 15 is 0 Å². The quantitative estimate of drug-likeness (QED) is 0.407. The Morgan fingerprint density at radius 1 is 1.18 bits per heavy atom. The summed E-state index contributed by atoms with van der Waals surface area (Å²) in [5.41, 5.74) is 1.01. The highest BCUT2D eigenvalue weighted by Crippen LogP contribution is 2.44. The first-order valence-electron chi connectivity index (χ1n) is 12.7. The van der Waals surface area contributed by atoms with Crippen molar-refractivity contribution in [3.8, 4) is 5.75 Å². The fraction of sp³-hybridized carbons (Fsp3) is 0.286. The number of nitrogens with one attached hydrogen (secondary N) is 1. The van der Waals surface area contributed by atoms with Gasteiger partial charge in [-0.15, -0.1) is 5.10 Å². The number of hydrogen-bond donors (Lipinski definition) is 1. The van der Waals surface area contributed by atoms with E-state index in [1.165, 1.54) is 0 Å². The van der Waals surface area contributed by atoms with Crippen LogP contribution in [-0.2, 0) is 22.1 Å². The van der Waals surface area contributed by atoms with Gasteiger partial charge in [0.15, 0.2) is 5.82 Å². The number of benzene rings is 2. The third kappa shape index (κ3) is 4.61. The van der Waals surface area contributed by atoms with E-state index in [9.17, 15) is 9.59 Å². The lowest BCUT2D eigenvalue weighted by Crippen LogP contribution is -2.48. The molecular weight excluding hydrogens is 518 g/mol. The summed E-state index contributed by atoms with van der Waals surface area (Å²) >= 11 is 6.39. The molecule has 198 valence electrons. The molecular formula is C28H26ClN7O3. The molecule has 0 saturated carbocycles. The number of aryl methyl sites for hydroxylation is 1. The van der Waals surface area contributed by atoms with Crippen LogP contribution in [0, 0.1) is 0 Å². The van der Waals surface area contributed by atoms with Crippen molar-refractivity contribution in [2.24, 2.45) is 7.05 Å². The Labute approximate surface area is 229 Å². The molecule has 0 radical (unpaired) electrons. The standard InChI is InChI=1S/C28H26ClN7O3/c1-35-26(32-33-34-35)18-8-11-36(12-9-18)25(37)15-28(10-13-39-24-7-6-20(29)14-22(24)28)27(38)31-23-17-30-16-19-4-2-3-5-21(19)23/h2-8,14,16-17H,9-13,15H2,1H3,(H,31,38). The van der Waals surface area contributed by atoms with Crippen molar-refractivity contribution in [3.05, 3.63) is 77.3 Å². The van der Waals surface area contributed by atoms with E-state index in [1.807, 2.05) is 30.3 Å². The predicted octanol–water partition coefficient (Wildman–Crippen LogP) is 3.78.